The molecule has 2 aliphatic rings. The third kappa shape index (κ3) is 2.07. The zero-order chi connectivity index (χ0) is 12.8. The van der Waals surface area contributed by atoms with Crippen LogP contribution in [0.1, 0.15) is 26.2 Å². The molecular weight excluding hydrogens is 246 g/mol. The van der Waals surface area contributed by atoms with E-state index >= 15 is 0 Å². The van der Waals surface area contributed by atoms with Crippen LogP contribution in [0, 0.1) is 5.92 Å². The van der Waals surface area contributed by atoms with E-state index in [1.54, 1.807) is 0 Å². The monoisotopic (exact) mass is 263 g/mol. The van der Waals surface area contributed by atoms with E-state index in [0.29, 0.717) is 5.96 Å². The Morgan fingerprint density at radius 3 is 2.67 bits per heavy atom. The quantitative estimate of drug-likeness (QED) is 0.911. The highest BCUT2D eigenvalue weighted by atomic mass is 35.5. The van der Waals surface area contributed by atoms with Crippen molar-refractivity contribution in [2.75, 3.05) is 11.4 Å². The van der Waals surface area contributed by atoms with Gasteiger partial charge in [-0.3, -0.25) is 4.99 Å². The first-order valence-corrected chi connectivity index (χ1v) is 6.82. The molecule has 1 aromatic carbocycles. The number of rotatable bonds is 3. The summed E-state index contributed by atoms with van der Waals surface area (Å²) >= 11 is 5.94. The van der Waals surface area contributed by atoms with Crippen molar-refractivity contribution in [1.82, 2.24) is 0 Å². The smallest absolute Gasteiger partial charge is 0.196 e. The molecule has 1 aliphatic carbocycles. The van der Waals surface area contributed by atoms with E-state index in [0.717, 1.165) is 23.2 Å². The number of hydrogen-bond donors (Lipinski definition) is 1. The number of halogens is 1. The van der Waals surface area contributed by atoms with Gasteiger partial charge in [-0.15, -0.1) is 0 Å². The van der Waals surface area contributed by atoms with Gasteiger partial charge in [-0.2, -0.15) is 0 Å². The summed E-state index contributed by atoms with van der Waals surface area (Å²) in [5, 5.41) is 0.748. The van der Waals surface area contributed by atoms with Gasteiger partial charge in [0.25, 0.3) is 0 Å². The van der Waals surface area contributed by atoms with Crippen LogP contribution in [0.15, 0.2) is 29.3 Å². The predicted octanol–water partition coefficient (Wildman–Crippen LogP) is 3.03. The lowest BCUT2D eigenvalue weighted by atomic mass is 9.93. The van der Waals surface area contributed by atoms with Gasteiger partial charge in [0.2, 0.25) is 0 Å². The van der Waals surface area contributed by atoms with Crippen molar-refractivity contribution in [1.29, 1.82) is 0 Å². The molecule has 0 amide bonds. The van der Waals surface area contributed by atoms with Crippen molar-refractivity contribution in [3.05, 3.63) is 29.3 Å². The summed E-state index contributed by atoms with van der Waals surface area (Å²) in [6.07, 6.45) is 3.87. The molecule has 2 N–H and O–H groups in total. The summed E-state index contributed by atoms with van der Waals surface area (Å²) < 4.78 is 0. The molecule has 4 heteroatoms. The minimum atomic E-state index is 0.0269. The molecule has 1 aliphatic heterocycles. The maximum Gasteiger partial charge on any atom is 0.196 e. The number of benzene rings is 1. The van der Waals surface area contributed by atoms with Gasteiger partial charge in [0.05, 0.1) is 12.1 Å². The Hall–Kier alpha value is -1.22. The Balaban J connectivity index is 1.90. The van der Waals surface area contributed by atoms with Crippen LogP contribution in [-0.2, 0) is 0 Å². The first kappa shape index (κ1) is 11.8. The van der Waals surface area contributed by atoms with Crippen LogP contribution in [-0.4, -0.2) is 18.0 Å². The molecule has 1 heterocycles. The lowest BCUT2D eigenvalue weighted by Gasteiger charge is -2.36. The summed E-state index contributed by atoms with van der Waals surface area (Å²) in [6, 6.07) is 7.84. The van der Waals surface area contributed by atoms with Gasteiger partial charge in [0.1, 0.15) is 0 Å². The molecule has 1 unspecified atom stereocenters. The summed E-state index contributed by atoms with van der Waals surface area (Å²) in [5.74, 6) is 1.48. The maximum absolute atomic E-state index is 6.06. The van der Waals surface area contributed by atoms with Crippen LogP contribution in [0.4, 0.5) is 5.69 Å². The van der Waals surface area contributed by atoms with E-state index < -0.39 is 0 Å². The van der Waals surface area contributed by atoms with Crippen LogP contribution >= 0.6 is 11.6 Å². The second kappa shape index (κ2) is 4.16. The average Bonchev–Trinajstić information content (AvgIpc) is 3.08. The number of guanidine groups is 1. The highest BCUT2D eigenvalue weighted by Crippen LogP contribution is 2.42. The number of nitrogens with two attached hydrogens (primary N) is 1. The molecule has 3 nitrogen and oxygen atoms in total. The minimum absolute atomic E-state index is 0.0269. The van der Waals surface area contributed by atoms with Crippen molar-refractivity contribution in [2.45, 2.75) is 31.7 Å². The molecule has 1 saturated carbocycles. The molecule has 0 aromatic heterocycles. The van der Waals surface area contributed by atoms with Gasteiger partial charge in [-0.05, 0) is 43.5 Å². The van der Waals surface area contributed by atoms with Crippen LogP contribution in [0.25, 0.3) is 0 Å². The number of anilines is 1. The van der Waals surface area contributed by atoms with Crippen molar-refractivity contribution in [2.24, 2.45) is 16.6 Å². The summed E-state index contributed by atoms with van der Waals surface area (Å²) in [4.78, 5) is 6.61. The van der Waals surface area contributed by atoms with Crippen molar-refractivity contribution >= 4 is 23.2 Å². The highest BCUT2D eigenvalue weighted by Gasteiger charge is 2.42. The molecule has 96 valence electrons. The SMILES string of the molecule is CC1(CC2CC2)CN=C(N)N1c1ccc(Cl)cc1. The number of hydrogen-bond acceptors (Lipinski definition) is 3. The van der Waals surface area contributed by atoms with Crippen molar-refractivity contribution < 1.29 is 0 Å². The minimum Gasteiger partial charge on any atom is -0.369 e. The third-order valence-corrected chi connectivity index (χ3v) is 4.11. The lowest BCUT2D eigenvalue weighted by molar-refractivity contribution is 0.435. The molecule has 3 rings (SSSR count). The largest absolute Gasteiger partial charge is 0.369 e. The Labute approximate surface area is 113 Å². The zero-order valence-corrected chi connectivity index (χ0v) is 11.3. The first-order chi connectivity index (χ1) is 8.58. The maximum atomic E-state index is 6.06. The first-order valence-electron chi connectivity index (χ1n) is 6.44. The van der Waals surface area contributed by atoms with Crippen LogP contribution < -0.4 is 10.6 Å². The Morgan fingerprint density at radius 2 is 2.06 bits per heavy atom. The van der Waals surface area contributed by atoms with E-state index in [2.05, 4.69) is 16.8 Å². The van der Waals surface area contributed by atoms with E-state index in [4.69, 9.17) is 17.3 Å². The molecule has 1 atom stereocenters. The molecule has 0 bridgehead atoms. The highest BCUT2D eigenvalue weighted by molar-refractivity contribution is 6.30. The van der Waals surface area contributed by atoms with Gasteiger partial charge in [-0.1, -0.05) is 24.4 Å². The molecule has 18 heavy (non-hydrogen) atoms. The van der Waals surface area contributed by atoms with E-state index in [9.17, 15) is 0 Å². The fourth-order valence-corrected chi connectivity index (χ4v) is 2.93. The van der Waals surface area contributed by atoms with Crippen molar-refractivity contribution in [3.8, 4) is 0 Å². The molecule has 0 saturated heterocycles. The number of nitrogens with zero attached hydrogens (tertiary/aromatic N) is 2. The Bertz CT molecular complexity index is 478. The van der Waals surface area contributed by atoms with Crippen LogP contribution in [0.5, 0.6) is 0 Å². The fraction of sp³-hybridized carbons (Fsp3) is 0.500. The Morgan fingerprint density at radius 1 is 1.39 bits per heavy atom. The fourth-order valence-electron chi connectivity index (χ4n) is 2.80. The van der Waals surface area contributed by atoms with Gasteiger partial charge in [0.15, 0.2) is 5.96 Å². The van der Waals surface area contributed by atoms with Gasteiger partial charge in [-0.25, -0.2) is 0 Å². The van der Waals surface area contributed by atoms with Crippen LogP contribution in [0.3, 0.4) is 0 Å². The van der Waals surface area contributed by atoms with E-state index in [1.807, 2.05) is 24.3 Å². The second-order valence-corrected chi connectivity index (χ2v) is 6.07. The molecule has 1 fully saturated rings. The van der Waals surface area contributed by atoms with Gasteiger partial charge < -0.3 is 10.6 Å². The third-order valence-electron chi connectivity index (χ3n) is 3.86. The molecular formula is C14H18ClN3. The average molecular weight is 264 g/mol. The molecule has 1 aromatic rings. The number of aliphatic imine (C=N–C) groups is 1. The normalized spacial score (nSPS) is 27.4. The second-order valence-electron chi connectivity index (χ2n) is 5.63. The van der Waals surface area contributed by atoms with Gasteiger partial charge in [0, 0.05) is 10.7 Å². The van der Waals surface area contributed by atoms with Crippen molar-refractivity contribution in [3.63, 3.8) is 0 Å². The summed E-state index contributed by atoms with van der Waals surface area (Å²) in [7, 11) is 0. The lowest BCUT2D eigenvalue weighted by Crippen LogP contribution is -2.50. The zero-order valence-electron chi connectivity index (χ0n) is 10.6. The summed E-state index contributed by atoms with van der Waals surface area (Å²) in [6.45, 7) is 3.04. The van der Waals surface area contributed by atoms with E-state index in [-0.39, 0.29) is 5.54 Å². The Kier molecular flexibility index (Phi) is 2.74. The van der Waals surface area contributed by atoms with E-state index in [1.165, 1.54) is 19.3 Å². The van der Waals surface area contributed by atoms with Crippen LogP contribution in [0.2, 0.25) is 5.02 Å². The predicted molar refractivity (Wildman–Crippen MR) is 76.2 cm³/mol. The topological polar surface area (TPSA) is 41.6 Å². The molecule has 0 radical (unpaired) electrons. The summed E-state index contributed by atoms with van der Waals surface area (Å²) in [5.41, 5.74) is 7.18. The molecule has 0 spiro atoms. The standard InChI is InChI=1S/C14H18ClN3/c1-14(8-10-2-3-10)9-17-13(16)18(14)12-6-4-11(15)5-7-12/h4-7,10H,2-3,8-9H2,1H3,(H2,16,17). The van der Waals surface area contributed by atoms with Gasteiger partial charge >= 0.3 is 0 Å².